The van der Waals surface area contributed by atoms with Gasteiger partial charge >= 0.3 is 0 Å². The van der Waals surface area contributed by atoms with Gasteiger partial charge in [-0.1, -0.05) is 11.3 Å². The molecule has 0 amide bonds. The van der Waals surface area contributed by atoms with Crippen molar-refractivity contribution in [2.75, 3.05) is 6.61 Å². The van der Waals surface area contributed by atoms with E-state index in [1.807, 2.05) is 6.07 Å². The van der Waals surface area contributed by atoms with Gasteiger partial charge in [0, 0.05) is 0 Å². The number of hydrogen-bond donors (Lipinski definition) is 0. The zero-order valence-electron chi connectivity index (χ0n) is 10.5. The Hall–Kier alpha value is -1.40. The van der Waals surface area contributed by atoms with Crippen LogP contribution in [0.1, 0.15) is 23.2 Å². The molecule has 0 N–H and O–H groups in total. The lowest BCUT2D eigenvalue weighted by Gasteiger charge is -2.09. The molecule has 0 radical (unpaired) electrons. The molecule has 1 aliphatic rings. The van der Waals surface area contributed by atoms with Gasteiger partial charge in [-0.25, -0.2) is 4.98 Å². The molecule has 0 aliphatic heterocycles. The summed E-state index contributed by atoms with van der Waals surface area (Å²) in [4.78, 5) is 15.2. The second kappa shape index (κ2) is 5.93. The van der Waals surface area contributed by atoms with Crippen LogP contribution in [0, 0.1) is 5.92 Å². The van der Waals surface area contributed by atoms with Crippen LogP contribution in [-0.2, 0) is 0 Å². The fourth-order valence-corrected chi connectivity index (χ4v) is 2.71. The van der Waals surface area contributed by atoms with Crippen molar-refractivity contribution in [3.63, 3.8) is 0 Å². The molecule has 6 heteroatoms. The van der Waals surface area contributed by atoms with Crippen molar-refractivity contribution in [3.8, 4) is 16.7 Å². The molecule has 104 valence electrons. The minimum Gasteiger partial charge on any atom is -0.493 e. The summed E-state index contributed by atoms with van der Waals surface area (Å²) in [6, 6.07) is 5.25. The molecule has 1 saturated carbocycles. The van der Waals surface area contributed by atoms with Crippen molar-refractivity contribution in [3.05, 3.63) is 33.7 Å². The highest BCUT2D eigenvalue weighted by molar-refractivity contribution is 9.11. The first kappa shape index (κ1) is 13.6. The van der Waals surface area contributed by atoms with Gasteiger partial charge in [0.2, 0.25) is 0 Å². The number of benzene rings is 1. The largest absolute Gasteiger partial charge is 0.493 e. The highest BCUT2D eigenvalue weighted by Crippen LogP contribution is 2.33. The van der Waals surface area contributed by atoms with Crippen molar-refractivity contribution in [1.82, 2.24) is 4.98 Å². The van der Waals surface area contributed by atoms with Crippen LogP contribution in [0.5, 0.6) is 16.7 Å². The highest BCUT2D eigenvalue weighted by Gasteiger charge is 2.22. The summed E-state index contributed by atoms with van der Waals surface area (Å²) >= 11 is 4.68. The maximum Gasteiger partial charge on any atom is 0.279 e. The second-order valence-corrected chi connectivity index (χ2v) is 6.98. The molecule has 0 bridgehead atoms. The van der Waals surface area contributed by atoms with Gasteiger partial charge in [0.1, 0.15) is 11.5 Å². The number of hydrogen-bond acceptors (Lipinski definition) is 5. The number of ether oxygens (including phenoxy) is 2. The zero-order chi connectivity index (χ0) is 13.9. The Labute approximate surface area is 128 Å². The van der Waals surface area contributed by atoms with Gasteiger partial charge in [-0.15, -0.1) is 0 Å². The van der Waals surface area contributed by atoms with Gasteiger partial charge in [-0.05, 0) is 52.9 Å². The normalized spacial score (nSPS) is 14.1. The van der Waals surface area contributed by atoms with Gasteiger partial charge in [-0.3, -0.25) is 4.79 Å². The fourth-order valence-electron chi connectivity index (χ4n) is 1.68. The minimum absolute atomic E-state index is 0.463. The summed E-state index contributed by atoms with van der Waals surface area (Å²) < 4.78 is 12.1. The van der Waals surface area contributed by atoms with Gasteiger partial charge in [0.15, 0.2) is 6.29 Å². The smallest absolute Gasteiger partial charge is 0.279 e. The lowest BCUT2D eigenvalue weighted by atomic mass is 10.2. The number of halogens is 1. The molecule has 1 fully saturated rings. The quantitative estimate of drug-likeness (QED) is 0.726. The summed E-state index contributed by atoms with van der Waals surface area (Å²) in [6.45, 7) is 0.720. The predicted octanol–water partition coefficient (Wildman–Crippen LogP) is 4.30. The maximum absolute atomic E-state index is 11.2. The number of rotatable bonds is 6. The van der Waals surface area contributed by atoms with Gasteiger partial charge < -0.3 is 9.47 Å². The Morgan fingerprint density at radius 1 is 1.45 bits per heavy atom. The second-order valence-electron chi connectivity index (χ2n) is 4.60. The van der Waals surface area contributed by atoms with E-state index in [0.29, 0.717) is 28.2 Å². The van der Waals surface area contributed by atoms with Crippen LogP contribution in [0.25, 0.3) is 0 Å². The number of carbonyl (C=O) groups excluding carboxylic acids is 1. The Morgan fingerprint density at radius 2 is 2.30 bits per heavy atom. The summed E-state index contributed by atoms with van der Waals surface area (Å²) in [5.74, 6) is 1.87. The minimum atomic E-state index is 0.463. The van der Waals surface area contributed by atoms with E-state index in [1.54, 1.807) is 18.3 Å². The summed E-state index contributed by atoms with van der Waals surface area (Å²) in [6.07, 6.45) is 4.90. The average Bonchev–Trinajstić information content (AvgIpc) is 3.20. The van der Waals surface area contributed by atoms with Crippen molar-refractivity contribution < 1.29 is 14.3 Å². The van der Waals surface area contributed by atoms with Crippen LogP contribution in [0.3, 0.4) is 0 Å². The molecule has 3 rings (SSSR count). The molecular formula is C14H12BrNO3S. The van der Waals surface area contributed by atoms with Gasteiger partial charge in [-0.2, -0.15) is 0 Å². The molecule has 0 spiro atoms. The standard InChI is InChI=1S/C14H12BrNO3S/c15-13-6-16-14(20-13)19-12-4-3-11(5-10(12)7-17)18-8-9-1-2-9/h3-7,9H,1-2,8H2. The van der Waals surface area contributed by atoms with E-state index >= 15 is 0 Å². The van der Waals surface area contributed by atoms with E-state index in [9.17, 15) is 4.79 Å². The molecule has 1 heterocycles. The van der Waals surface area contributed by atoms with E-state index in [1.165, 1.54) is 24.2 Å². The Kier molecular flexibility index (Phi) is 4.03. The number of carbonyl (C=O) groups is 1. The Morgan fingerprint density at radius 3 is 2.95 bits per heavy atom. The van der Waals surface area contributed by atoms with Crippen LogP contribution in [0.2, 0.25) is 0 Å². The lowest BCUT2D eigenvalue weighted by molar-refractivity contribution is 0.112. The topological polar surface area (TPSA) is 48.4 Å². The molecular weight excluding hydrogens is 342 g/mol. The zero-order valence-corrected chi connectivity index (χ0v) is 12.9. The third kappa shape index (κ3) is 3.37. The third-order valence-corrected chi connectivity index (χ3v) is 4.30. The first-order valence-electron chi connectivity index (χ1n) is 6.26. The van der Waals surface area contributed by atoms with Crippen molar-refractivity contribution in [2.45, 2.75) is 12.8 Å². The van der Waals surface area contributed by atoms with Crippen molar-refractivity contribution in [2.24, 2.45) is 5.92 Å². The lowest BCUT2D eigenvalue weighted by Crippen LogP contribution is -2.00. The van der Waals surface area contributed by atoms with Crippen molar-refractivity contribution in [1.29, 1.82) is 0 Å². The Bertz CT molecular complexity index is 625. The van der Waals surface area contributed by atoms with Gasteiger partial charge in [0.25, 0.3) is 5.19 Å². The van der Waals surface area contributed by atoms with Crippen molar-refractivity contribution >= 4 is 33.6 Å². The third-order valence-electron chi connectivity index (χ3n) is 2.94. The number of nitrogens with zero attached hydrogens (tertiary/aromatic N) is 1. The van der Waals surface area contributed by atoms with E-state index in [-0.39, 0.29) is 0 Å². The summed E-state index contributed by atoms with van der Waals surface area (Å²) in [5, 5.41) is 0.492. The average molecular weight is 354 g/mol. The first-order valence-corrected chi connectivity index (χ1v) is 7.87. The summed E-state index contributed by atoms with van der Waals surface area (Å²) in [7, 11) is 0. The molecule has 1 aromatic carbocycles. The monoisotopic (exact) mass is 353 g/mol. The SMILES string of the molecule is O=Cc1cc(OCC2CC2)ccc1Oc1ncc(Br)s1. The molecule has 20 heavy (non-hydrogen) atoms. The molecule has 1 aliphatic carbocycles. The number of aldehydes is 1. The Balaban J connectivity index is 1.74. The molecule has 0 atom stereocenters. The molecule has 0 unspecified atom stereocenters. The number of thiazole rings is 1. The highest BCUT2D eigenvalue weighted by atomic mass is 79.9. The molecule has 4 nitrogen and oxygen atoms in total. The van der Waals surface area contributed by atoms with Crippen LogP contribution < -0.4 is 9.47 Å². The fraction of sp³-hybridized carbons (Fsp3) is 0.286. The van der Waals surface area contributed by atoms with E-state index in [4.69, 9.17) is 9.47 Å². The predicted molar refractivity (Wildman–Crippen MR) is 79.9 cm³/mol. The summed E-state index contributed by atoms with van der Waals surface area (Å²) in [5.41, 5.74) is 0.463. The van der Waals surface area contributed by atoms with E-state index < -0.39 is 0 Å². The van der Waals surface area contributed by atoms with E-state index in [2.05, 4.69) is 20.9 Å². The molecule has 2 aromatic rings. The maximum atomic E-state index is 11.2. The van der Waals surface area contributed by atoms with E-state index in [0.717, 1.165) is 16.7 Å². The number of aromatic nitrogens is 1. The van der Waals surface area contributed by atoms with Crippen LogP contribution in [0.15, 0.2) is 28.2 Å². The van der Waals surface area contributed by atoms with Crippen LogP contribution in [-0.4, -0.2) is 17.9 Å². The van der Waals surface area contributed by atoms with Crippen LogP contribution >= 0.6 is 27.3 Å². The molecule has 1 aromatic heterocycles. The first-order chi connectivity index (χ1) is 9.74. The van der Waals surface area contributed by atoms with Gasteiger partial charge in [0.05, 0.1) is 22.2 Å². The molecule has 0 saturated heterocycles. The van der Waals surface area contributed by atoms with Crippen LogP contribution in [0.4, 0.5) is 0 Å².